The third-order valence-corrected chi connectivity index (χ3v) is 4.32. The Morgan fingerprint density at radius 1 is 1.15 bits per heavy atom. The van der Waals surface area contributed by atoms with Crippen LogP contribution in [0.5, 0.6) is 11.5 Å². The van der Waals surface area contributed by atoms with Crippen LogP contribution < -0.4 is 14.8 Å². The topological polar surface area (TPSA) is 47.6 Å². The minimum Gasteiger partial charge on any atom is -0.489 e. The fraction of sp³-hybridized carbons (Fsp3) is 0.316. The van der Waals surface area contributed by atoms with Crippen LogP contribution in [0.25, 0.3) is 0 Å². The van der Waals surface area contributed by atoms with Gasteiger partial charge in [0, 0.05) is 11.5 Å². The van der Waals surface area contributed by atoms with Gasteiger partial charge in [0.25, 0.3) is 5.91 Å². The Hall–Kier alpha value is -2.70. The lowest BCUT2D eigenvalue weighted by Crippen LogP contribution is -2.20. The summed E-state index contributed by atoms with van der Waals surface area (Å²) in [6.07, 6.45) is -4.52. The van der Waals surface area contributed by atoms with E-state index in [-0.39, 0.29) is 23.5 Å². The largest absolute Gasteiger partial charge is 0.489 e. The van der Waals surface area contributed by atoms with Crippen LogP contribution in [0.15, 0.2) is 42.5 Å². The van der Waals surface area contributed by atoms with E-state index in [0.29, 0.717) is 11.3 Å². The highest BCUT2D eigenvalue weighted by molar-refractivity contribution is 6.07. The average molecular weight is 365 g/mol. The number of hydrogen-bond acceptors (Lipinski definition) is 3. The molecule has 3 rings (SSSR count). The lowest BCUT2D eigenvalue weighted by Gasteiger charge is -2.14. The van der Waals surface area contributed by atoms with E-state index in [1.807, 2.05) is 19.9 Å². The molecule has 2 aromatic rings. The predicted molar refractivity (Wildman–Crippen MR) is 90.9 cm³/mol. The Morgan fingerprint density at radius 2 is 1.88 bits per heavy atom. The summed E-state index contributed by atoms with van der Waals surface area (Å²) in [6.45, 7) is 2.50. The third-order valence-electron chi connectivity index (χ3n) is 4.32. The van der Waals surface area contributed by atoms with Crippen LogP contribution in [0.2, 0.25) is 0 Å². The van der Waals surface area contributed by atoms with E-state index in [4.69, 9.17) is 9.47 Å². The minimum absolute atomic E-state index is 0.0478. The molecule has 0 spiro atoms. The first-order chi connectivity index (χ1) is 12.3. The Balaban J connectivity index is 1.82. The smallest absolute Gasteiger partial charge is 0.422 e. The molecule has 1 N–H and O–H groups in total. The fourth-order valence-corrected chi connectivity index (χ4v) is 2.81. The van der Waals surface area contributed by atoms with E-state index in [1.54, 1.807) is 18.2 Å². The van der Waals surface area contributed by atoms with Gasteiger partial charge < -0.3 is 14.8 Å². The zero-order valence-corrected chi connectivity index (χ0v) is 14.3. The molecule has 0 aliphatic carbocycles. The van der Waals surface area contributed by atoms with Crippen LogP contribution in [-0.2, 0) is 0 Å². The van der Waals surface area contributed by atoms with Crippen molar-refractivity contribution >= 4 is 11.6 Å². The molecule has 1 aliphatic heterocycles. The van der Waals surface area contributed by atoms with Gasteiger partial charge in [0.2, 0.25) is 0 Å². The number of benzene rings is 2. The quantitative estimate of drug-likeness (QED) is 0.849. The van der Waals surface area contributed by atoms with E-state index in [0.717, 1.165) is 5.56 Å². The second-order valence-electron chi connectivity index (χ2n) is 6.19. The molecule has 4 nitrogen and oxygen atoms in total. The number of amides is 1. The first-order valence-electron chi connectivity index (χ1n) is 8.16. The van der Waals surface area contributed by atoms with Crippen molar-refractivity contribution in [2.45, 2.75) is 32.0 Å². The number of rotatable bonds is 4. The van der Waals surface area contributed by atoms with Crippen LogP contribution >= 0.6 is 0 Å². The van der Waals surface area contributed by atoms with Crippen molar-refractivity contribution in [2.24, 2.45) is 0 Å². The molecule has 0 saturated carbocycles. The maximum absolute atomic E-state index is 12.7. The number of carbonyl (C=O) groups excluding carboxylic acids is 1. The maximum atomic E-state index is 12.7. The van der Waals surface area contributed by atoms with Gasteiger partial charge in [0.1, 0.15) is 17.6 Å². The molecule has 2 aromatic carbocycles. The molecule has 26 heavy (non-hydrogen) atoms. The van der Waals surface area contributed by atoms with Crippen molar-refractivity contribution < 1.29 is 27.4 Å². The Morgan fingerprint density at radius 3 is 2.62 bits per heavy atom. The number of ether oxygens (including phenoxy) is 2. The number of nitrogens with one attached hydrogen (secondary N) is 1. The van der Waals surface area contributed by atoms with Gasteiger partial charge in [0.15, 0.2) is 6.61 Å². The third kappa shape index (κ3) is 3.76. The maximum Gasteiger partial charge on any atom is 0.422 e. The van der Waals surface area contributed by atoms with Crippen LogP contribution in [-0.4, -0.2) is 24.8 Å². The molecule has 1 heterocycles. The Bertz CT molecular complexity index is 820. The SMILES string of the molecule is CC1Oc2c(C(=O)Nc3ccccc3OCC(F)(F)F)cccc2C1C. The van der Waals surface area contributed by atoms with Crippen molar-refractivity contribution in [1.29, 1.82) is 0 Å². The second kappa shape index (κ2) is 6.90. The summed E-state index contributed by atoms with van der Waals surface area (Å²) in [5.41, 5.74) is 1.44. The van der Waals surface area contributed by atoms with Crippen molar-refractivity contribution in [3.05, 3.63) is 53.6 Å². The van der Waals surface area contributed by atoms with E-state index in [9.17, 15) is 18.0 Å². The highest BCUT2D eigenvalue weighted by atomic mass is 19.4. The van der Waals surface area contributed by atoms with Gasteiger partial charge in [-0.05, 0) is 25.1 Å². The van der Waals surface area contributed by atoms with Gasteiger partial charge in [0.05, 0.1) is 11.3 Å². The molecule has 0 saturated heterocycles. The highest BCUT2D eigenvalue weighted by Crippen LogP contribution is 2.40. The van der Waals surface area contributed by atoms with Gasteiger partial charge in [-0.1, -0.05) is 31.2 Å². The monoisotopic (exact) mass is 365 g/mol. The summed E-state index contributed by atoms with van der Waals surface area (Å²) in [7, 11) is 0. The summed E-state index contributed by atoms with van der Waals surface area (Å²) in [5, 5.41) is 2.61. The van der Waals surface area contributed by atoms with Crippen molar-refractivity contribution in [2.75, 3.05) is 11.9 Å². The van der Waals surface area contributed by atoms with Crippen molar-refractivity contribution in [1.82, 2.24) is 0 Å². The normalized spacial score (nSPS) is 18.8. The number of carbonyl (C=O) groups is 1. The molecule has 7 heteroatoms. The summed E-state index contributed by atoms with van der Waals surface area (Å²) in [4.78, 5) is 12.7. The summed E-state index contributed by atoms with van der Waals surface area (Å²) >= 11 is 0. The average Bonchev–Trinajstić information content (AvgIpc) is 2.88. The molecular formula is C19H18F3NO3. The lowest BCUT2D eigenvalue weighted by atomic mass is 9.97. The van der Waals surface area contributed by atoms with E-state index in [1.165, 1.54) is 18.2 Å². The molecule has 1 amide bonds. The summed E-state index contributed by atoms with van der Waals surface area (Å²) < 4.78 is 47.8. The molecule has 2 atom stereocenters. The van der Waals surface area contributed by atoms with Crippen molar-refractivity contribution in [3.8, 4) is 11.5 Å². The fourth-order valence-electron chi connectivity index (χ4n) is 2.81. The van der Waals surface area contributed by atoms with Gasteiger partial charge in [-0.3, -0.25) is 4.79 Å². The molecule has 138 valence electrons. The van der Waals surface area contributed by atoms with Crippen LogP contribution in [0.1, 0.15) is 35.7 Å². The standard InChI is InChI=1S/C19H18F3NO3/c1-11-12(2)26-17-13(11)6-5-7-14(17)18(24)23-15-8-3-4-9-16(15)25-10-19(20,21)22/h3-9,11-12H,10H2,1-2H3,(H,23,24). The number of hydrogen-bond donors (Lipinski definition) is 1. The van der Waals surface area contributed by atoms with Crippen molar-refractivity contribution in [3.63, 3.8) is 0 Å². The molecule has 1 aliphatic rings. The Labute approximate surface area is 148 Å². The zero-order valence-electron chi connectivity index (χ0n) is 14.3. The molecule has 0 fully saturated rings. The number of halogens is 3. The van der Waals surface area contributed by atoms with Crippen LogP contribution in [0, 0.1) is 0 Å². The van der Waals surface area contributed by atoms with Gasteiger partial charge >= 0.3 is 6.18 Å². The summed E-state index contributed by atoms with van der Waals surface area (Å²) in [6, 6.07) is 11.3. The second-order valence-corrected chi connectivity index (χ2v) is 6.19. The minimum atomic E-state index is -4.46. The number of alkyl halides is 3. The zero-order chi connectivity index (χ0) is 18.9. The first-order valence-corrected chi connectivity index (χ1v) is 8.16. The van der Waals surface area contributed by atoms with Gasteiger partial charge in [-0.2, -0.15) is 13.2 Å². The highest BCUT2D eigenvalue weighted by Gasteiger charge is 2.31. The lowest BCUT2D eigenvalue weighted by molar-refractivity contribution is -0.153. The molecule has 0 aromatic heterocycles. The predicted octanol–water partition coefficient (Wildman–Crippen LogP) is 4.76. The Kier molecular flexibility index (Phi) is 4.80. The summed E-state index contributed by atoms with van der Waals surface area (Å²) in [5.74, 6) is 0.151. The molecular weight excluding hydrogens is 347 g/mol. The van der Waals surface area contributed by atoms with Gasteiger partial charge in [-0.15, -0.1) is 0 Å². The first kappa shape index (κ1) is 18.1. The van der Waals surface area contributed by atoms with E-state index < -0.39 is 18.7 Å². The molecule has 2 unspecified atom stereocenters. The van der Waals surface area contributed by atoms with E-state index >= 15 is 0 Å². The van der Waals surface area contributed by atoms with E-state index in [2.05, 4.69) is 5.32 Å². The van der Waals surface area contributed by atoms with Crippen LogP contribution in [0.3, 0.4) is 0 Å². The number of anilines is 1. The van der Waals surface area contributed by atoms with Crippen LogP contribution in [0.4, 0.5) is 18.9 Å². The number of para-hydroxylation sites is 3. The van der Waals surface area contributed by atoms with Gasteiger partial charge in [-0.25, -0.2) is 0 Å². The number of fused-ring (bicyclic) bond motifs is 1. The molecule has 0 radical (unpaired) electrons. The molecule has 0 bridgehead atoms.